The van der Waals surface area contributed by atoms with E-state index >= 15 is 0 Å². The monoisotopic (exact) mass is 278 g/mol. The first kappa shape index (κ1) is 13.4. The molecule has 1 unspecified atom stereocenters. The molecule has 0 aliphatic carbocycles. The summed E-state index contributed by atoms with van der Waals surface area (Å²) < 4.78 is 1.60. The number of aromatic nitrogens is 2. The smallest absolute Gasteiger partial charge is 0.249 e. The van der Waals surface area contributed by atoms with E-state index < -0.39 is 6.04 Å². The highest BCUT2D eigenvalue weighted by molar-refractivity contribution is 6.31. The van der Waals surface area contributed by atoms with Gasteiger partial charge in [-0.05, 0) is 37.6 Å². The number of nitrogens with two attached hydrogens (primary N) is 1. The standard InChI is InChI=1S/C13H15ClN4O/c1-8-6-16-18(7-8)9(2)13(19)17-12-5-10(14)3-4-11(12)15/h3-7,9H,15H2,1-2H3,(H,17,19). The number of nitrogen functional groups attached to an aromatic ring is 1. The van der Waals surface area contributed by atoms with Crippen LogP contribution in [0.1, 0.15) is 18.5 Å². The summed E-state index contributed by atoms with van der Waals surface area (Å²) >= 11 is 5.88. The molecule has 0 bridgehead atoms. The number of amides is 1. The lowest BCUT2D eigenvalue weighted by Crippen LogP contribution is -2.24. The molecule has 1 aromatic heterocycles. The summed E-state index contributed by atoms with van der Waals surface area (Å²) in [4.78, 5) is 12.1. The van der Waals surface area contributed by atoms with E-state index in [9.17, 15) is 4.79 Å². The Morgan fingerprint density at radius 2 is 2.26 bits per heavy atom. The predicted octanol–water partition coefficient (Wildman–Crippen LogP) is 2.63. The Hall–Kier alpha value is -2.01. The molecule has 1 heterocycles. The number of halogens is 1. The Morgan fingerprint density at radius 1 is 1.53 bits per heavy atom. The second-order valence-corrected chi connectivity index (χ2v) is 4.83. The van der Waals surface area contributed by atoms with Crippen molar-refractivity contribution < 1.29 is 4.79 Å². The second kappa shape index (κ2) is 5.32. The molecule has 2 aromatic rings. The molecule has 0 spiro atoms. The van der Waals surface area contributed by atoms with Gasteiger partial charge in [0.15, 0.2) is 0 Å². The minimum Gasteiger partial charge on any atom is -0.397 e. The van der Waals surface area contributed by atoms with E-state index in [1.54, 1.807) is 36.0 Å². The van der Waals surface area contributed by atoms with Crippen molar-refractivity contribution in [2.24, 2.45) is 0 Å². The molecule has 6 heteroatoms. The Bertz CT molecular complexity index is 608. The third-order valence-corrected chi connectivity index (χ3v) is 3.02. The maximum atomic E-state index is 12.1. The van der Waals surface area contributed by atoms with Crippen molar-refractivity contribution in [2.75, 3.05) is 11.1 Å². The van der Waals surface area contributed by atoms with E-state index in [4.69, 9.17) is 17.3 Å². The van der Waals surface area contributed by atoms with Gasteiger partial charge in [-0.15, -0.1) is 0 Å². The zero-order valence-corrected chi connectivity index (χ0v) is 11.5. The van der Waals surface area contributed by atoms with Gasteiger partial charge in [0, 0.05) is 11.2 Å². The zero-order chi connectivity index (χ0) is 14.0. The number of anilines is 2. The van der Waals surface area contributed by atoms with Gasteiger partial charge in [-0.2, -0.15) is 5.10 Å². The van der Waals surface area contributed by atoms with Gasteiger partial charge in [0.1, 0.15) is 6.04 Å². The summed E-state index contributed by atoms with van der Waals surface area (Å²) in [6.07, 6.45) is 3.52. The summed E-state index contributed by atoms with van der Waals surface area (Å²) in [6.45, 7) is 3.69. The van der Waals surface area contributed by atoms with E-state index in [1.165, 1.54) is 0 Å². The van der Waals surface area contributed by atoms with Crippen molar-refractivity contribution in [3.05, 3.63) is 41.2 Å². The SMILES string of the molecule is Cc1cnn(C(C)C(=O)Nc2cc(Cl)ccc2N)c1. The van der Waals surface area contributed by atoms with Gasteiger partial charge in [0.05, 0.1) is 17.6 Å². The lowest BCUT2D eigenvalue weighted by Gasteiger charge is -2.14. The van der Waals surface area contributed by atoms with E-state index in [1.807, 2.05) is 13.1 Å². The minimum absolute atomic E-state index is 0.197. The fourth-order valence-electron chi connectivity index (χ4n) is 1.64. The highest BCUT2D eigenvalue weighted by Gasteiger charge is 2.16. The largest absolute Gasteiger partial charge is 0.397 e. The van der Waals surface area contributed by atoms with Crippen molar-refractivity contribution >= 4 is 28.9 Å². The average Bonchev–Trinajstić information content (AvgIpc) is 2.79. The number of carbonyl (C=O) groups excluding carboxylic acids is 1. The van der Waals surface area contributed by atoms with Crippen LogP contribution < -0.4 is 11.1 Å². The molecule has 3 N–H and O–H groups in total. The Balaban J connectivity index is 2.14. The molecule has 1 aromatic carbocycles. The molecular weight excluding hydrogens is 264 g/mol. The Morgan fingerprint density at radius 3 is 2.89 bits per heavy atom. The van der Waals surface area contributed by atoms with Crippen molar-refractivity contribution in [3.8, 4) is 0 Å². The Kier molecular flexibility index (Phi) is 3.76. The zero-order valence-electron chi connectivity index (χ0n) is 10.7. The van der Waals surface area contributed by atoms with Gasteiger partial charge in [0.2, 0.25) is 5.91 Å². The predicted molar refractivity (Wildman–Crippen MR) is 76.2 cm³/mol. The number of nitrogens with zero attached hydrogens (tertiary/aromatic N) is 2. The van der Waals surface area contributed by atoms with Crippen LogP contribution in [0.2, 0.25) is 5.02 Å². The molecule has 1 atom stereocenters. The molecule has 100 valence electrons. The molecule has 19 heavy (non-hydrogen) atoms. The van der Waals surface area contributed by atoms with Crippen LogP contribution in [0.25, 0.3) is 0 Å². The van der Waals surface area contributed by atoms with E-state index in [0.717, 1.165) is 5.56 Å². The molecular formula is C13H15ClN4O. The number of rotatable bonds is 3. The number of benzene rings is 1. The van der Waals surface area contributed by atoms with Gasteiger partial charge in [0.25, 0.3) is 0 Å². The number of hydrogen-bond donors (Lipinski definition) is 2. The third-order valence-electron chi connectivity index (χ3n) is 2.78. The fourth-order valence-corrected chi connectivity index (χ4v) is 1.81. The summed E-state index contributed by atoms with van der Waals surface area (Å²) in [5.74, 6) is -0.197. The summed E-state index contributed by atoms with van der Waals surface area (Å²) in [7, 11) is 0. The second-order valence-electron chi connectivity index (χ2n) is 4.39. The van der Waals surface area contributed by atoms with Gasteiger partial charge < -0.3 is 11.1 Å². The molecule has 1 amide bonds. The number of aryl methyl sites for hydroxylation is 1. The molecule has 0 saturated heterocycles. The lowest BCUT2D eigenvalue weighted by molar-refractivity contribution is -0.119. The quantitative estimate of drug-likeness (QED) is 0.848. The maximum absolute atomic E-state index is 12.1. The maximum Gasteiger partial charge on any atom is 0.249 e. The van der Waals surface area contributed by atoms with Crippen molar-refractivity contribution in [2.45, 2.75) is 19.9 Å². The van der Waals surface area contributed by atoms with Gasteiger partial charge in [-0.1, -0.05) is 11.6 Å². The first-order valence-electron chi connectivity index (χ1n) is 5.84. The van der Waals surface area contributed by atoms with Crippen LogP contribution in [0.4, 0.5) is 11.4 Å². The molecule has 0 aliphatic heterocycles. The van der Waals surface area contributed by atoms with Crippen LogP contribution in [0.5, 0.6) is 0 Å². The van der Waals surface area contributed by atoms with Crippen LogP contribution in [-0.4, -0.2) is 15.7 Å². The van der Waals surface area contributed by atoms with E-state index in [-0.39, 0.29) is 5.91 Å². The number of carbonyl (C=O) groups is 1. The summed E-state index contributed by atoms with van der Waals surface area (Å²) in [5, 5.41) is 7.39. The van der Waals surface area contributed by atoms with Crippen LogP contribution in [0, 0.1) is 6.92 Å². The lowest BCUT2D eigenvalue weighted by atomic mass is 10.2. The normalized spacial score (nSPS) is 12.2. The Labute approximate surface area is 116 Å². The van der Waals surface area contributed by atoms with E-state index in [2.05, 4.69) is 10.4 Å². The topological polar surface area (TPSA) is 72.9 Å². The summed E-state index contributed by atoms with van der Waals surface area (Å²) in [5.41, 5.74) is 7.77. The van der Waals surface area contributed by atoms with Crippen molar-refractivity contribution in [1.29, 1.82) is 0 Å². The van der Waals surface area contributed by atoms with E-state index in [0.29, 0.717) is 16.4 Å². The minimum atomic E-state index is -0.424. The number of hydrogen-bond acceptors (Lipinski definition) is 3. The summed E-state index contributed by atoms with van der Waals surface area (Å²) in [6, 6.07) is 4.52. The van der Waals surface area contributed by atoms with Gasteiger partial charge >= 0.3 is 0 Å². The molecule has 0 fully saturated rings. The van der Waals surface area contributed by atoms with Crippen molar-refractivity contribution in [1.82, 2.24) is 9.78 Å². The first-order valence-corrected chi connectivity index (χ1v) is 6.22. The van der Waals surface area contributed by atoms with Crippen LogP contribution in [0.15, 0.2) is 30.6 Å². The average molecular weight is 279 g/mol. The molecule has 0 aliphatic rings. The molecule has 2 rings (SSSR count). The van der Waals surface area contributed by atoms with Crippen LogP contribution >= 0.6 is 11.6 Å². The molecule has 5 nitrogen and oxygen atoms in total. The first-order chi connectivity index (χ1) is 8.97. The van der Waals surface area contributed by atoms with Gasteiger partial charge in [-0.25, -0.2) is 0 Å². The van der Waals surface area contributed by atoms with Gasteiger partial charge in [-0.3, -0.25) is 9.48 Å². The molecule has 0 saturated carbocycles. The van der Waals surface area contributed by atoms with Crippen LogP contribution in [-0.2, 0) is 4.79 Å². The van der Waals surface area contributed by atoms with Crippen molar-refractivity contribution in [3.63, 3.8) is 0 Å². The van der Waals surface area contributed by atoms with Crippen LogP contribution in [0.3, 0.4) is 0 Å². The fraction of sp³-hybridized carbons (Fsp3) is 0.231. The third kappa shape index (κ3) is 3.06. The highest BCUT2D eigenvalue weighted by Crippen LogP contribution is 2.23. The molecule has 0 radical (unpaired) electrons. The number of nitrogens with one attached hydrogen (secondary N) is 1. The highest BCUT2D eigenvalue weighted by atomic mass is 35.5.